The van der Waals surface area contributed by atoms with Crippen LogP contribution in [0.3, 0.4) is 0 Å². The lowest BCUT2D eigenvalue weighted by Gasteiger charge is -2.48. The van der Waals surface area contributed by atoms with Crippen molar-refractivity contribution in [2.75, 3.05) is 0 Å². The molecule has 3 heteroatoms. The van der Waals surface area contributed by atoms with Crippen LogP contribution < -0.4 is 0 Å². The minimum absolute atomic E-state index is 0.0204. The number of halogens is 1. The second-order valence-corrected chi connectivity index (χ2v) is 8.20. The molecule has 2 unspecified atom stereocenters. The highest BCUT2D eigenvalue weighted by molar-refractivity contribution is 5.77. The van der Waals surface area contributed by atoms with Crippen LogP contribution in [0.1, 0.15) is 82.6 Å². The molecule has 0 bridgehead atoms. The molecule has 2 atom stereocenters. The molecule has 0 saturated heterocycles. The van der Waals surface area contributed by atoms with Gasteiger partial charge >= 0.3 is 5.97 Å². The van der Waals surface area contributed by atoms with Gasteiger partial charge in [-0.25, -0.2) is 4.39 Å². The lowest BCUT2D eigenvalue weighted by Crippen LogP contribution is -2.47. The van der Waals surface area contributed by atoms with Gasteiger partial charge in [-0.2, -0.15) is 0 Å². The van der Waals surface area contributed by atoms with Crippen molar-refractivity contribution >= 4 is 5.97 Å². The van der Waals surface area contributed by atoms with Crippen molar-refractivity contribution in [3.05, 3.63) is 35.6 Å². The zero-order valence-electron chi connectivity index (χ0n) is 15.3. The van der Waals surface area contributed by atoms with E-state index in [-0.39, 0.29) is 17.7 Å². The first kappa shape index (κ1) is 18.4. The minimum atomic E-state index is -0.659. The molecule has 2 aliphatic carbocycles. The molecule has 0 aromatic heterocycles. The smallest absolute Gasteiger partial charge is 0.310 e. The average Bonchev–Trinajstić information content (AvgIpc) is 2.63. The third-order valence-corrected chi connectivity index (χ3v) is 6.90. The van der Waals surface area contributed by atoms with Gasteiger partial charge < -0.3 is 5.11 Å². The summed E-state index contributed by atoms with van der Waals surface area (Å²) in [5.74, 6) is 0.182. The van der Waals surface area contributed by atoms with Gasteiger partial charge in [-0.15, -0.1) is 0 Å². The van der Waals surface area contributed by atoms with E-state index in [0.29, 0.717) is 0 Å². The predicted octanol–water partition coefficient (Wildman–Crippen LogP) is 6.16. The minimum Gasteiger partial charge on any atom is -0.481 e. The fourth-order valence-electron chi connectivity index (χ4n) is 5.65. The van der Waals surface area contributed by atoms with E-state index < -0.39 is 11.4 Å². The molecule has 0 radical (unpaired) electrons. The largest absolute Gasteiger partial charge is 0.481 e. The molecule has 0 spiro atoms. The van der Waals surface area contributed by atoms with E-state index in [1.54, 1.807) is 0 Å². The quantitative estimate of drug-likeness (QED) is 0.693. The van der Waals surface area contributed by atoms with Gasteiger partial charge in [-0.1, -0.05) is 57.6 Å². The summed E-state index contributed by atoms with van der Waals surface area (Å²) in [7, 11) is 0. The Bertz CT molecular complexity index is 574. The molecule has 1 aromatic carbocycles. The van der Waals surface area contributed by atoms with Crippen molar-refractivity contribution < 1.29 is 14.3 Å². The van der Waals surface area contributed by atoms with Crippen LogP contribution >= 0.6 is 0 Å². The number of benzene rings is 1. The van der Waals surface area contributed by atoms with Crippen LogP contribution in [0.15, 0.2) is 24.3 Å². The van der Waals surface area contributed by atoms with Gasteiger partial charge in [0.15, 0.2) is 0 Å². The first-order valence-corrected chi connectivity index (χ1v) is 10.1. The summed E-state index contributed by atoms with van der Waals surface area (Å²) < 4.78 is 13.4. The summed E-state index contributed by atoms with van der Waals surface area (Å²) in [5, 5.41) is 10.3. The summed E-state index contributed by atoms with van der Waals surface area (Å²) >= 11 is 0. The predicted molar refractivity (Wildman–Crippen MR) is 98.0 cm³/mol. The normalized spacial score (nSPS) is 33.1. The van der Waals surface area contributed by atoms with Gasteiger partial charge in [0.2, 0.25) is 0 Å². The average molecular weight is 346 g/mol. The lowest BCUT2D eigenvalue weighted by molar-refractivity contribution is -0.159. The summed E-state index contributed by atoms with van der Waals surface area (Å²) in [6.45, 7) is 2.23. The zero-order chi connectivity index (χ0) is 17.9. The van der Waals surface area contributed by atoms with Crippen molar-refractivity contribution in [2.24, 2.45) is 17.3 Å². The van der Waals surface area contributed by atoms with Crippen LogP contribution in [0.5, 0.6) is 0 Å². The molecule has 0 heterocycles. The molecule has 2 nitrogen and oxygen atoms in total. The lowest BCUT2D eigenvalue weighted by atomic mass is 9.54. The zero-order valence-corrected chi connectivity index (χ0v) is 15.3. The van der Waals surface area contributed by atoms with E-state index in [1.165, 1.54) is 37.8 Å². The fraction of sp³-hybridized carbons (Fsp3) is 0.682. The molecule has 2 aliphatic rings. The summed E-state index contributed by atoms with van der Waals surface area (Å²) in [6.07, 6.45) is 10.7. The molecular formula is C22H31FO2. The Balaban J connectivity index is 1.88. The highest BCUT2D eigenvalue weighted by Gasteiger charge is 2.53. The van der Waals surface area contributed by atoms with Crippen LogP contribution in [0, 0.1) is 23.1 Å². The first-order valence-electron chi connectivity index (χ1n) is 10.1. The highest BCUT2D eigenvalue weighted by Crippen LogP contribution is 2.56. The highest BCUT2D eigenvalue weighted by atomic mass is 19.1. The van der Waals surface area contributed by atoms with Gasteiger partial charge in [0, 0.05) is 5.92 Å². The molecule has 25 heavy (non-hydrogen) atoms. The summed E-state index contributed by atoms with van der Waals surface area (Å²) in [4.78, 5) is 12.6. The third-order valence-electron chi connectivity index (χ3n) is 6.90. The van der Waals surface area contributed by atoms with Gasteiger partial charge in [0.1, 0.15) is 5.82 Å². The maximum Gasteiger partial charge on any atom is 0.310 e. The van der Waals surface area contributed by atoms with Crippen molar-refractivity contribution in [1.29, 1.82) is 0 Å². The Kier molecular flexibility index (Phi) is 5.81. The molecule has 0 amide bonds. The SMILES string of the molecule is CCCC1CCC(C2(C(=O)O)CCCCC2c2ccc(F)cc2)CC1. The second-order valence-electron chi connectivity index (χ2n) is 8.20. The van der Waals surface area contributed by atoms with E-state index >= 15 is 0 Å². The Morgan fingerprint density at radius 3 is 2.40 bits per heavy atom. The maximum absolute atomic E-state index is 13.4. The van der Waals surface area contributed by atoms with E-state index in [9.17, 15) is 14.3 Å². The topological polar surface area (TPSA) is 37.3 Å². The number of carboxylic acids is 1. The molecular weight excluding hydrogens is 315 g/mol. The Morgan fingerprint density at radius 1 is 1.12 bits per heavy atom. The molecule has 2 fully saturated rings. The van der Waals surface area contributed by atoms with Crippen molar-refractivity contribution in [2.45, 2.75) is 77.0 Å². The number of rotatable bonds is 5. The van der Waals surface area contributed by atoms with Crippen molar-refractivity contribution in [1.82, 2.24) is 0 Å². The van der Waals surface area contributed by atoms with Gasteiger partial charge in [-0.05, 0) is 55.2 Å². The number of aliphatic carboxylic acids is 1. The van der Waals surface area contributed by atoms with Crippen LogP contribution in [0.25, 0.3) is 0 Å². The third kappa shape index (κ3) is 3.61. The van der Waals surface area contributed by atoms with Crippen molar-refractivity contribution in [3.63, 3.8) is 0 Å². The molecule has 1 aromatic rings. The first-order chi connectivity index (χ1) is 12.1. The Labute approximate surface area is 150 Å². The van der Waals surface area contributed by atoms with E-state index in [1.807, 2.05) is 12.1 Å². The molecule has 1 N–H and O–H groups in total. The monoisotopic (exact) mass is 346 g/mol. The van der Waals surface area contributed by atoms with Crippen LogP contribution in [-0.2, 0) is 4.79 Å². The van der Waals surface area contributed by atoms with Gasteiger partial charge in [0.05, 0.1) is 5.41 Å². The maximum atomic E-state index is 13.4. The number of hydrogen-bond acceptors (Lipinski definition) is 1. The van der Waals surface area contributed by atoms with Crippen molar-refractivity contribution in [3.8, 4) is 0 Å². The van der Waals surface area contributed by atoms with Crippen LogP contribution in [0.4, 0.5) is 4.39 Å². The Morgan fingerprint density at radius 2 is 1.80 bits per heavy atom. The molecule has 0 aliphatic heterocycles. The second kappa shape index (κ2) is 7.88. The summed E-state index contributed by atoms with van der Waals surface area (Å²) in [5.41, 5.74) is 0.354. The van der Waals surface area contributed by atoms with Crippen LogP contribution in [0.2, 0.25) is 0 Å². The van der Waals surface area contributed by atoms with E-state index in [0.717, 1.165) is 50.0 Å². The number of carbonyl (C=O) groups is 1. The fourth-order valence-corrected chi connectivity index (χ4v) is 5.65. The van der Waals surface area contributed by atoms with E-state index in [2.05, 4.69) is 6.92 Å². The Hall–Kier alpha value is -1.38. The number of hydrogen-bond donors (Lipinski definition) is 1. The summed E-state index contributed by atoms with van der Waals surface area (Å²) in [6, 6.07) is 6.58. The van der Waals surface area contributed by atoms with Crippen LogP contribution in [-0.4, -0.2) is 11.1 Å². The molecule has 138 valence electrons. The number of carboxylic acid groups (broad SMARTS) is 1. The van der Waals surface area contributed by atoms with E-state index in [4.69, 9.17) is 0 Å². The van der Waals surface area contributed by atoms with Gasteiger partial charge in [0.25, 0.3) is 0 Å². The standard InChI is InChI=1S/C22H31FO2/c1-2-5-16-7-11-18(12-8-16)22(21(24)25)15-4-3-6-20(22)17-9-13-19(23)14-10-17/h9-10,13-14,16,18,20H,2-8,11-12,15H2,1H3,(H,24,25). The molecule has 2 saturated carbocycles. The van der Waals surface area contributed by atoms with Gasteiger partial charge in [-0.3, -0.25) is 4.79 Å². The molecule has 3 rings (SSSR count).